The summed E-state index contributed by atoms with van der Waals surface area (Å²) < 4.78 is 5.06. The van der Waals surface area contributed by atoms with Gasteiger partial charge in [0.25, 0.3) is 0 Å². The molecule has 1 saturated heterocycles. The van der Waals surface area contributed by atoms with Crippen LogP contribution in [0.25, 0.3) is 0 Å². The third kappa shape index (κ3) is 5.64. The number of benzene rings is 2. The van der Waals surface area contributed by atoms with Gasteiger partial charge in [-0.3, -0.25) is 4.90 Å². The van der Waals surface area contributed by atoms with Gasteiger partial charge in [-0.2, -0.15) is 0 Å². The molecule has 1 atom stereocenters. The minimum Gasteiger partial charge on any atom is -0.450 e. The second kappa shape index (κ2) is 10.2. The molecular weight excluding hydrogens is 364 g/mol. The fourth-order valence-corrected chi connectivity index (χ4v) is 3.75. The molecule has 1 fully saturated rings. The van der Waals surface area contributed by atoms with Crippen LogP contribution in [0.2, 0.25) is 0 Å². The second-order valence-electron chi connectivity index (χ2n) is 7.46. The first kappa shape index (κ1) is 21.0. The highest BCUT2D eigenvalue weighted by molar-refractivity contribution is 5.67. The SMILES string of the molecule is CCOC(=O)NC[C@H](c1ccc(N(C)C)cc1)N1CCN(c2ccccc2)CC1. The number of nitrogens with zero attached hydrogens (tertiary/aromatic N) is 3. The molecule has 2 aromatic carbocycles. The predicted molar refractivity (Wildman–Crippen MR) is 119 cm³/mol. The van der Waals surface area contributed by atoms with Crippen molar-refractivity contribution in [3.05, 3.63) is 60.2 Å². The highest BCUT2D eigenvalue weighted by Crippen LogP contribution is 2.25. The number of carbonyl (C=O) groups is 1. The van der Waals surface area contributed by atoms with E-state index in [4.69, 9.17) is 4.74 Å². The molecule has 29 heavy (non-hydrogen) atoms. The van der Waals surface area contributed by atoms with Crippen LogP contribution < -0.4 is 15.1 Å². The summed E-state index contributed by atoms with van der Waals surface area (Å²) in [6.45, 7) is 6.56. The number of rotatable bonds is 7. The molecular formula is C23H32N4O2. The van der Waals surface area contributed by atoms with Gasteiger partial charge in [0.2, 0.25) is 0 Å². The van der Waals surface area contributed by atoms with Crippen LogP contribution in [0.3, 0.4) is 0 Å². The summed E-state index contributed by atoms with van der Waals surface area (Å²) in [6.07, 6.45) is -0.356. The third-order valence-electron chi connectivity index (χ3n) is 5.39. The molecule has 0 bridgehead atoms. The van der Waals surface area contributed by atoms with Gasteiger partial charge >= 0.3 is 6.09 Å². The van der Waals surface area contributed by atoms with Crippen LogP contribution in [-0.2, 0) is 4.74 Å². The van der Waals surface area contributed by atoms with Crippen LogP contribution in [-0.4, -0.2) is 64.4 Å². The van der Waals surface area contributed by atoms with Gasteiger partial charge in [0.15, 0.2) is 0 Å². The standard InChI is InChI=1S/C23H32N4O2/c1-4-29-23(28)24-18-22(19-10-12-20(13-11-19)25(2)3)27-16-14-26(15-17-27)21-8-6-5-7-9-21/h5-13,22H,4,14-18H2,1-3H3,(H,24,28)/t22-/m1/s1. The zero-order valence-corrected chi connectivity index (χ0v) is 17.7. The lowest BCUT2D eigenvalue weighted by molar-refractivity contribution is 0.140. The fourth-order valence-electron chi connectivity index (χ4n) is 3.75. The number of ether oxygens (including phenoxy) is 1. The highest BCUT2D eigenvalue weighted by Gasteiger charge is 2.26. The molecule has 1 aliphatic heterocycles. The zero-order valence-electron chi connectivity index (χ0n) is 17.7. The topological polar surface area (TPSA) is 48.1 Å². The molecule has 6 nitrogen and oxygen atoms in total. The average molecular weight is 397 g/mol. The molecule has 0 aliphatic carbocycles. The van der Waals surface area contributed by atoms with Crippen molar-refractivity contribution < 1.29 is 9.53 Å². The van der Waals surface area contributed by atoms with Crippen molar-refractivity contribution in [3.63, 3.8) is 0 Å². The quantitative estimate of drug-likeness (QED) is 0.778. The van der Waals surface area contributed by atoms with Crippen molar-refractivity contribution in [1.29, 1.82) is 0 Å². The van der Waals surface area contributed by atoms with E-state index in [1.54, 1.807) is 0 Å². The smallest absolute Gasteiger partial charge is 0.407 e. The van der Waals surface area contributed by atoms with Crippen molar-refractivity contribution in [1.82, 2.24) is 10.2 Å². The van der Waals surface area contributed by atoms with E-state index in [1.165, 1.54) is 16.9 Å². The van der Waals surface area contributed by atoms with Crippen molar-refractivity contribution in [2.75, 3.05) is 63.2 Å². The largest absolute Gasteiger partial charge is 0.450 e. The minimum absolute atomic E-state index is 0.119. The van der Waals surface area contributed by atoms with Gasteiger partial charge in [-0.05, 0) is 36.8 Å². The molecule has 3 rings (SSSR count). The van der Waals surface area contributed by atoms with E-state index < -0.39 is 0 Å². The first-order valence-electron chi connectivity index (χ1n) is 10.3. The van der Waals surface area contributed by atoms with Crippen molar-refractivity contribution in [2.24, 2.45) is 0 Å². The van der Waals surface area contributed by atoms with E-state index >= 15 is 0 Å². The summed E-state index contributed by atoms with van der Waals surface area (Å²) in [4.78, 5) is 18.8. The van der Waals surface area contributed by atoms with Crippen LogP contribution in [0.5, 0.6) is 0 Å². The maximum Gasteiger partial charge on any atom is 0.407 e. The number of carbonyl (C=O) groups excluding carboxylic acids is 1. The van der Waals surface area contributed by atoms with Gasteiger partial charge in [0, 0.05) is 58.2 Å². The Kier molecular flexibility index (Phi) is 7.36. The molecule has 1 N–H and O–H groups in total. The number of amides is 1. The first-order valence-corrected chi connectivity index (χ1v) is 10.3. The maximum atomic E-state index is 11.9. The van der Waals surface area contributed by atoms with Crippen LogP contribution in [0.1, 0.15) is 18.5 Å². The minimum atomic E-state index is -0.356. The zero-order chi connectivity index (χ0) is 20.6. The Morgan fingerprint density at radius 1 is 1.03 bits per heavy atom. The van der Waals surface area contributed by atoms with Gasteiger partial charge in [-0.1, -0.05) is 30.3 Å². The van der Waals surface area contributed by atoms with Crippen LogP contribution in [0.15, 0.2) is 54.6 Å². The Morgan fingerprint density at radius 2 is 1.69 bits per heavy atom. The van der Waals surface area contributed by atoms with Crippen LogP contribution >= 0.6 is 0 Å². The van der Waals surface area contributed by atoms with E-state index in [2.05, 4.69) is 68.5 Å². The predicted octanol–water partition coefficient (Wildman–Crippen LogP) is 3.36. The summed E-state index contributed by atoms with van der Waals surface area (Å²) >= 11 is 0. The molecule has 0 saturated carbocycles. The van der Waals surface area contributed by atoms with Crippen LogP contribution in [0, 0.1) is 0 Å². The highest BCUT2D eigenvalue weighted by atomic mass is 16.5. The Balaban J connectivity index is 1.70. The molecule has 1 aliphatic rings. The number of hydrogen-bond acceptors (Lipinski definition) is 5. The molecule has 2 aromatic rings. The molecule has 0 radical (unpaired) electrons. The lowest BCUT2D eigenvalue weighted by Gasteiger charge is -2.40. The summed E-state index contributed by atoms with van der Waals surface area (Å²) in [5.74, 6) is 0. The summed E-state index contributed by atoms with van der Waals surface area (Å²) in [5, 5.41) is 2.93. The van der Waals surface area contributed by atoms with Gasteiger partial charge in [0.05, 0.1) is 12.6 Å². The van der Waals surface area contributed by atoms with Gasteiger partial charge in [-0.25, -0.2) is 4.79 Å². The fraction of sp³-hybridized carbons (Fsp3) is 0.435. The van der Waals surface area contributed by atoms with Gasteiger partial charge in [-0.15, -0.1) is 0 Å². The molecule has 0 aromatic heterocycles. The molecule has 0 spiro atoms. The lowest BCUT2D eigenvalue weighted by atomic mass is 10.0. The molecule has 6 heteroatoms. The van der Waals surface area contributed by atoms with Crippen LogP contribution in [0.4, 0.5) is 16.2 Å². The Bertz CT molecular complexity index is 756. The van der Waals surface area contributed by atoms with E-state index in [1.807, 2.05) is 27.1 Å². The number of hydrogen-bond donors (Lipinski definition) is 1. The molecule has 156 valence electrons. The summed E-state index contributed by atoms with van der Waals surface area (Å²) in [5.41, 5.74) is 3.64. The lowest BCUT2D eigenvalue weighted by Crippen LogP contribution is -2.50. The summed E-state index contributed by atoms with van der Waals surface area (Å²) in [7, 11) is 4.08. The normalized spacial score (nSPS) is 15.6. The maximum absolute atomic E-state index is 11.9. The van der Waals surface area contributed by atoms with E-state index in [9.17, 15) is 4.79 Å². The Labute approximate surface area is 174 Å². The number of alkyl carbamates (subject to hydrolysis) is 1. The average Bonchev–Trinajstić information content (AvgIpc) is 2.75. The first-order chi connectivity index (χ1) is 14.1. The second-order valence-corrected chi connectivity index (χ2v) is 7.46. The third-order valence-corrected chi connectivity index (χ3v) is 5.39. The number of anilines is 2. The summed E-state index contributed by atoms with van der Waals surface area (Å²) in [6, 6.07) is 19.2. The Hall–Kier alpha value is -2.73. The van der Waals surface area contributed by atoms with Crippen molar-refractivity contribution in [2.45, 2.75) is 13.0 Å². The van der Waals surface area contributed by atoms with E-state index in [0.29, 0.717) is 13.2 Å². The van der Waals surface area contributed by atoms with E-state index in [0.717, 1.165) is 26.2 Å². The number of piperazine rings is 1. The van der Waals surface area contributed by atoms with Gasteiger partial charge in [0.1, 0.15) is 0 Å². The van der Waals surface area contributed by atoms with Gasteiger partial charge < -0.3 is 19.9 Å². The molecule has 1 amide bonds. The number of para-hydroxylation sites is 1. The van der Waals surface area contributed by atoms with Crippen molar-refractivity contribution in [3.8, 4) is 0 Å². The number of nitrogens with one attached hydrogen (secondary N) is 1. The van der Waals surface area contributed by atoms with E-state index in [-0.39, 0.29) is 12.1 Å². The van der Waals surface area contributed by atoms with Crippen molar-refractivity contribution >= 4 is 17.5 Å². The Morgan fingerprint density at radius 3 is 2.28 bits per heavy atom. The molecule has 0 unspecified atom stereocenters. The molecule has 1 heterocycles. The monoisotopic (exact) mass is 396 g/mol.